The molecule has 0 amide bonds. The van der Waals surface area contributed by atoms with Crippen molar-refractivity contribution in [3.63, 3.8) is 0 Å². The summed E-state index contributed by atoms with van der Waals surface area (Å²) in [5.74, 6) is -0.196. The molecule has 0 unspecified atom stereocenters. The molecule has 0 atom stereocenters. The Labute approximate surface area is 166 Å². The molecule has 3 aromatic rings. The van der Waals surface area contributed by atoms with Crippen molar-refractivity contribution in [3.8, 4) is 11.8 Å². The minimum absolute atomic E-state index is 0.262. The molecular weight excluding hydrogens is 383 g/mol. The number of carbonyl (C=O) groups excluding carboxylic acids is 1. The van der Waals surface area contributed by atoms with Gasteiger partial charge in [0.25, 0.3) is 0 Å². The third-order valence-corrected chi connectivity index (χ3v) is 4.00. The highest BCUT2D eigenvalue weighted by atomic mass is 35.5. The Bertz CT molecular complexity index is 1020. The van der Waals surface area contributed by atoms with Gasteiger partial charge in [-0.05, 0) is 54.1 Å². The summed E-state index contributed by atoms with van der Waals surface area (Å²) in [5.41, 5.74) is 2.07. The first kappa shape index (κ1) is 18.7. The van der Waals surface area contributed by atoms with E-state index in [2.05, 4.69) is 11.1 Å². The Balaban J connectivity index is 1.76. The van der Waals surface area contributed by atoms with Crippen molar-refractivity contribution in [2.24, 2.45) is 0 Å². The van der Waals surface area contributed by atoms with Gasteiger partial charge in [-0.3, -0.25) is 4.98 Å². The fourth-order valence-electron chi connectivity index (χ4n) is 2.32. The molecule has 0 aliphatic carbocycles. The van der Waals surface area contributed by atoms with Gasteiger partial charge in [-0.25, -0.2) is 4.79 Å². The predicted octanol–water partition coefficient (Wildman–Crippen LogP) is 5.67. The van der Waals surface area contributed by atoms with Crippen molar-refractivity contribution >= 4 is 40.8 Å². The number of esters is 1. The number of nitrogens with zero attached hydrogens (tertiary/aromatic N) is 2. The number of rotatable bonds is 4. The van der Waals surface area contributed by atoms with Crippen LogP contribution in [0.1, 0.15) is 21.6 Å². The molecule has 6 heteroatoms. The summed E-state index contributed by atoms with van der Waals surface area (Å²) in [6.07, 6.45) is 3.34. The highest BCUT2D eigenvalue weighted by molar-refractivity contribution is 6.35. The maximum absolute atomic E-state index is 12.2. The Hall–Kier alpha value is -3.13. The van der Waals surface area contributed by atoms with Crippen LogP contribution in [0.4, 0.5) is 0 Å². The smallest absolute Gasteiger partial charge is 0.343 e. The van der Waals surface area contributed by atoms with Gasteiger partial charge in [0.2, 0.25) is 0 Å². The number of benzene rings is 2. The average molecular weight is 395 g/mol. The Kier molecular flexibility index (Phi) is 5.87. The summed E-state index contributed by atoms with van der Waals surface area (Å²) < 4.78 is 5.33. The van der Waals surface area contributed by atoms with Gasteiger partial charge < -0.3 is 4.74 Å². The van der Waals surface area contributed by atoms with Gasteiger partial charge in [0.05, 0.1) is 16.8 Å². The van der Waals surface area contributed by atoms with Crippen LogP contribution < -0.4 is 4.74 Å². The molecule has 4 nitrogen and oxygen atoms in total. The van der Waals surface area contributed by atoms with Gasteiger partial charge in [-0.1, -0.05) is 41.4 Å². The Morgan fingerprint density at radius 2 is 1.74 bits per heavy atom. The van der Waals surface area contributed by atoms with Crippen molar-refractivity contribution < 1.29 is 9.53 Å². The summed E-state index contributed by atoms with van der Waals surface area (Å²) >= 11 is 11.8. The number of carbonyl (C=O) groups is 1. The number of aromatic nitrogens is 1. The molecule has 0 saturated heterocycles. The topological polar surface area (TPSA) is 63.0 Å². The first-order valence-corrected chi connectivity index (χ1v) is 8.62. The van der Waals surface area contributed by atoms with Crippen molar-refractivity contribution in [3.05, 3.63) is 93.7 Å². The zero-order valence-electron chi connectivity index (χ0n) is 13.9. The average Bonchev–Trinajstić information content (AvgIpc) is 2.67. The molecule has 0 bridgehead atoms. The van der Waals surface area contributed by atoms with Gasteiger partial charge in [0, 0.05) is 16.2 Å². The molecular formula is C21H12Cl2N2O2. The molecule has 3 rings (SSSR count). The Morgan fingerprint density at radius 3 is 2.33 bits per heavy atom. The summed E-state index contributed by atoms with van der Waals surface area (Å²) in [5, 5.41) is 10.0. The molecule has 1 aromatic heterocycles. The predicted molar refractivity (Wildman–Crippen MR) is 106 cm³/mol. The lowest BCUT2D eigenvalue weighted by atomic mass is 10.1. The quantitative estimate of drug-likeness (QED) is 0.324. The van der Waals surface area contributed by atoms with Crippen molar-refractivity contribution in [1.82, 2.24) is 4.98 Å². The van der Waals surface area contributed by atoms with Crippen LogP contribution in [-0.2, 0) is 0 Å². The monoisotopic (exact) mass is 394 g/mol. The van der Waals surface area contributed by atoms with Gasteiger partial charge in [-0.2, -0.15) is 5.26 Å². The van der Waals surface area contributed by atoms with E-state index < -0.39 is 5.97 Å². The number of ether oxygens (including phenoxy) is 1. The van der Waals surface area contributed by atoms with Crippen molar-refractivity contribution in [2.45, 2.75) is 0 Å². The number of pyridine rings is 1. The van der Waals surface area contributed by atoms with E-state index >= 15 is 0 Å². The van der Waals surface area contributed by atoms with E-state index in [1.54, 1.807) is 48.7 Å². The van der Waals surface area contributed by atoms with E-state index in [4.69, 9.17) is 27.9 Å². The number of hydrogen-bond acceptors (Lipinski definition) is 4. The largest absolute Gasteiger partial charge is 0.423 e. The number of hydrogen-bond donors (Lipinski definition) is 0. The molecule has 0 spiro atoms. The Morgan fingerprint density at radius 1 is 1.04 bits per heavy atom. The van der Waals surface area contributed by atoms with E-state index in [1.165, 1.54) is 18.2 Å². The maximum Gasteiger partial charge on any atom is 0.343 e. The zero-order valence-corrected chi connectivity index (χ0v) is 15.4. The third-order valence-electron chi connectivity index (χ3n) is 3.56. The molecule has 0 aliphatic heterocycles. The van der Waals surface area contributed by atoms with E-state index in [-0.39, 0.29) is 5.56 Å². The summed E-state index contributed by atoms with van der Waals surface area (Å²) in [6.45, 7) is 0. The van der Waals surface area contributed by atoms with Gasteiger partial charge in [0.1, 0.15) is 11.8 Å². The number of nitriles is 1. The highest BCUT2D eigenvalue weighted by Crippen LogP contribution is 2.22. The van der Waals surface area contributed by atoms with Crippen LogP contribution in [0, 0.1) is 11.3 Å². The second kappa shape index (κ2) is 8.50. The van der Waals surface area contributed by atoms with E-state index in [1.807, 2.05) is 6.07 Å². The third kappa shape index (κ3) is 4.95. The van der Waals surface area contributed by atoms with E-state index in [0.29, 0.717) is 27.1 Å². The lowest BCUT2D eigenvalue weighted by molar-refractivity contribution is 0.0734. The molecule has 1 heterocycles. The summed E-state index contributed by atoms with van der Waals surface area (Å²) in [6, 6.07) is 18.8. The SMILES string of the molecule is N#CC(=Cc1ccc(OC(=O)c2cc(Cl)cc(Cl)c2)cc1)c1ccccn1. The van der Waals surface area contributed by atoms with Crippen LogP contribution in [0.3, 0.4) is 0 Å². The van der Waals surface area contributed by atoms with Gasteiger partial charge >= 0.3 is 5.97 Å². The van der Waals surface area contributed by atoms with Gasteiger partial charge in [0.15, 0.2) is 0 Å². The minimum atomic E-state index is -0.561. The maximum atomic E-state index is 12.2. The van der Waals surface area contributed by atoms with Gasteiger partial charge in [-0.15, -0.1) is 0 Å². The highest BCUT2D eigenvalue weighted by Gasteiger charge is 2.11. The van der Waals surface area contributed by atoms with Crippen LogP contribution in [0.25, 0.3) is 11.6 Å². The van der Waals surface area contributed by atoms with Crippen LogP contribution in [0.2, 0.25) is 10.0 Å². The second-order valence-electron chi connectivity index (χ2n) is 5.50. The molecule has 0 aliphatic rings. The van der Waals surface area contributed by atoms with E-state index in [9.17, 15) is 10.1 Å². The lowest BCUT2D eigenvalue weighted by Gasteiger charge is -2.06. The summed E-state index contributed by atoms with van der Waals surface area (Å²) in [4.78, 5) is 16.4. The molecule has 0 N–H and O–H groups in total. The molecule has 0 saturated carbocycles. The standard InChI is InChI=1S/C21H12Cl2N2O2/c22-17-10-15(11-18(23)12-17)21(26)27-19-6-4-14(5-7-19)9-16(13-24)20-3-1-2-8-25-20/h1-12H. The fourth-order valence-corrected chi connectivity index (χ4v) is 2.85. The molecule has 2 aromatic carbocycles. The van der Waals surface area contributed by atoms with Crippen LogP contribution >= 0.6 is 23.2 Å². The summed E-state index contributed by atoms with van der Waals surface area (Å²) in [7, 11) is 0. The number of halogens is 2. The van der Waals surface area contributed by atoms with Crippen LogP contribution in [-0.4, -0.2) is 11.0 Å². The molecule has 0 fully saturated rings. The van der Waals surface area contributed by atoms with Crippen molar-refractivity contribution in [1.29, 1.82) is 5.26 Å². The van der Waals surface area contributed by atoms with Crippen molar-refractivity contribution in [2.75, 3.05) is 0 Å². The molecule has 0 radical (unpaired) electrons. The zero-order chi connectivity index (χ0) is 19.2. The van der Waals surface area contributed by atoms with Crippen LogP contribution in [0.15, 0.2) is 66.9 Å². The molecule has 132 valence electrons. The normalized spacial score (nSPS) is 10.9. The van der Waals surface area contributed by atoms with E-state index in [0.717, 1.165) is 5.56 Å². The van der Waals surface area contributed by atoms with Crippen LogP contribution in [0.5, 0.6) is 5.75 Å². The second-order valence-corrected chi connectivity index (χ2v) is 6.37. The first-order chi connectivity index (χ1) is 13.0. The molecule has 27 heavy (non-hydrogen) atoms. The fraction of sp³-hybridized carbons (Fsp3) is 0. The first-order valence-electron chi connectivity index (χ1n) is 7.87. The number of allylic oxidation sites excluding steroid dienone is 1. The lowest BCUT2D eigenvalue weighted by Crippen LogP contribution is -2.08. The minimum Gasteiger partial charge on any atom is -0.423 e.